The second kappa shape index (κ2) is 5.85. The first-order valence-corrected chi connectivity index (χ1v) is 11.9. The highest BCUT2D eigenvalue weighted by Gasteiger charge is 2.70. The largest absolute Gasteiger partial charge is 0.389 e. The molecule has 0 aromatic heterocycles. The van der Waals surface area contributed by atoms with E-state index in [1.165, 1.54) is 44.1 Å². The zero-order valence-corrected chi connectivity index (χ0v) is 17.8. The van der Waals surface area contributed by atoms with Gasteiger partial charge in [0, 0.05) is 6.42 Å². The van der Waals surface area contributed by atoms with Crippen LogP contribution in [0.4, 0.5) is 0 Å². The second-order valence-electron chi connectivity index (χ2n) is 11.2. The van der Waals surface area contributed by atoms with Gasteiger partial charge in [0.15, 0.2) is 0 Å². The molecule has 1 aromatic rings. The van der Waals surface area contributed by atoms with Gasteiger partial charge >= 0.3 is 0 Å². The van der Waals surface area contributed by atoms with E-state index < -0.39 is 5.60 Å². The molecule has 1 aromatic carbocycles. The quantitative estimate of drug-likeness (QED) is 0.697. The highest BCUT2D eigenvalue weighted by atomic mass is 16.6. The minimum absolute atomic E-state index is 0.0872. The third kappa shape index (κ3) is 2.23. The van der Waals surface area contributed by atoms with Crippen LogP contribution in [0.3, 0.4) is 0 Å². The number of rotatable bonds is 2. The summed E-state index contributed by atoms with van der Waals surface area (Å²) < 4.78 is 5.87. The maximum atomic E-state index is 12.0. The Morgan fingerprint density at radius 2 is 2.07 bits per heavy atom. The predicted molar refractivity (Wildman–Crippen MR) is 111 cm³/mol. The monoisotopic (exact) mass is 380 g/mol. The highest BCUT2D eigenvalue weighted by molar-refractivity contribution is 5.39. The summed E-state index contributed by atoms with van der Waals surface area (Å²) in [5, 5.41) is 12.0. The molecular weight excluding hydrogens is 344 g/mol. The summed E-state index contributed by atoms with van der Waals surface area (Å²) in [4.78, 5) is 0. The number of hydrogen-bond acceptors (Lipinski definition) is 2. The van der Waals surface area contributed by atoms with Crippen LogP contribution in [0.2, 0.25) is 0 Å². The average Bonchev–Trinajstić information content (AvgIpc) is 3.36. The van der Waals surface area contributed by atoms with Gasteiger partial charge in [-0.1, -0.05) is 50.5 Å². The van der Waals surface area contributed by atoms with E-state index in [9.17, 15) is 5.11 Å². The van der Waals surface area contributed by atoms with Gasteiger partial charge < -0.3 is 9.84 Å². The van der Waals surface area contributed by atoms with Crippen molar-refractivity contribution in [1.82, 2.24) is 0 Å². The lowest BCUT2D eigenvalue weighted by molar-refractivity contribution is -0.137. The smallest absolute Gasteiger partial charge is 0.0869 e. The highest BCUT2D eigenvalue weighted by Crippen LogP contribution is 2.70. The van der Waals surface area contributed by atoms with Gasteiger partial charge in [-0.15, -0.1) is 0 Å². The number of fused-ring (bicyclic) bond motifs is 8. The fourth-order valence-electron chi connectivity index (χ4n) is 8.68. The summed E-state index contributed by atoms with van der Waals surface area (Å²) in [7, 11) is 0. The maximum Gasteiger partial charge on any atom is 0.0869 e. The Balaban J connectivity index is 1.42. The van der Waals surface area contributed by atoms with Crippen molar-refractivity contribution in [1.29, 1.82) is 0 Å². The summed E-state index contributed by atoms with van der Waals surface area (Å²) in [6.07, 6.45) is 10.4. The van der Waals surface area contributed by atoms with Gasteiger partial charge in [-0.3, -0.25) is 0 Å². The van der Waals surface area contributed by atoms with Gasteiger partial charge in [0.25, 0.3) is 0 Å². The molecule has 2 heteroatoms. The van der Waals surface area contributed by atoms with E-state index in [1.807, 2.05) is 0 Å². The van der Waals surface area contributed by atoms with Gasteiger partial charge in [0.1, 0.15) is 0 Å². The van der Waals surface area contributed by atoms with Gasteiger partial charge in [-0.2, -0.15) is 0 Å². The summed E-state index contributed by atoms with van der Waals surface area (Å²) in [6.45, 7) is 7.06. The summed E-state index contributed by atoms with van der Waals surface area (Å²) >= 11 is 0. The second-order valence-corrected chi connectivity index (χ2v) is 11.2. The van der Waals surface area contributed by atoms with Crippen LogP contribution < -0.4 is 0 Å². The first-order chi connectivity index (χ1) is 13.4. The van der Waals surface area contributed by atoms with Crippen LogP contribution in [0, 0.1) is 36.0 Å². The van der Waals surface area contributed by atoms with E-state index in [0.29, 0.717) is 30.0 Å². The van der Waals surface area contributed by atoms with Crippen LogP contribution in [-0.2, 0) is 11.2 Å². The zero-order chi connectivity index (χ0) is 19.3. The van der Waals surface area contributed by atoms with Crippen molar-refractivity contribution < 1.29 is 9.84 Å². The number of aliphatic hydroxyl groups is 1. The van der Waals surface area contributed by atoms with E-state index in [1.54, 1.807) is 11.1 Å². The fraction of sp³-hybridized carbons (Fsp3) is 0.769. The van der Waals surface area contributed by atoms with Crippen LogP contribution in [-0.4, -0.2) is 22.9 Å². The minimum atomic E-state index is -0.482. The molecule has 4 fully saturated rings. The lowest BCUT2D eigenvalue weighted by atomic mass is 9.49. The van der Waals surface area contributed by atoms with Gasteiger partial charge in [-0.05, 0) is 85.2 Å². The van der Waals surface area contributed by atoms with E-state index in [0.717, 1.165) is 24.7 Å². The molecule has 152 valence electrons. The lowest BCUT2D eigenvalue weighted by Crippen LogP contribution is -2.55. The number of hydrogen-bond donors (Lipinski definition) is 1. The molecule has 0 radical (unpaired) electrons. The first-order valence-electron chi connectivity index (χ1n) is 11.9. The number of aryl methyl sites for hydroxylation is 1. The first kappa shape index (κ1) is 18.0. The van der Waals surface area contributed by atoms with Crippen molar-refractivity contribution in [2.75, 3.05) is 0 Å². The molecule has 9 atom stereocenters. The number of ether oxygens (including phenoxy) is 1. The van der Waals surface area contributed by atoms with Gasteiger partial charge in [0.05, 0.1) is 17.8 Å². The Morgan fingerprint density at radius 1 is 1.21 bits per heavy atom. The van der Waals surface area contributed by atoms with Crippen LogP contribution in [0.5, 0.6) is 0 Å². The molecule has 1 aliphatic heterocycles. The molecule has 2 nitrogen and oxygen atoms in total. The fourth-order valence-corrected chi connectivity index (χ4v) is 8.68. The van der Waals surface area contributed by atoms with E-state index in [4.69, 9.17) is 4.74 Å². The molecule has 4 aliphatic carbocycles. The molecule has 0 spiro atoms. The molecule has 1 saturated heterocycles. The van der Waals surface area contributed by atoms with E-state index in [-0.39, 0.29) is 5.41 Å². The van der Waals surface area contributed by atoms with Gasteiger partial charge in [0.2, 0.25) is 0 Å². The summed E-state index contributed by atoms with van der Waals surface area (Å²) in [5.41, 5.74) is 4.30. The minimum Gasteiger partial charge on any atom is -0.389 e. The van der Waals surface area contributed by atoms with E-state index in [2.05, 4.69) is 39.0 Å². The Hall–Kier alpha value is -0.860. The normalized spacial score (nSPS) is 50.8. The molecule has 1 N–H and O–H groups in total. The van der Waals surface area contributed by atoms with Crippen LogP contribution >= 0.6 is 0 Å². The molecule has 28 heavy (non-hydrogen) atoms. The predicted octanol–water partition coefficient (Wildman–Crippen LogP) is 5.40. The van der Waals surface area contributed by atoms with Crippen LogP contribution in [0.1, 0.15) is 81.4 Å². The van der Waals surface area contributed by atoms with Crippen molar-refractivity contribution in [3.8, 4) is 0 Å². The Bertz CT molecular complexity index is 802. The number of epoxide rings is 1. The average molecular weight is 381 g/mol. The third-order valence-corrected chi connectivity index (χ3v) is 10.0. The lowest BCUT2D eigenvalue weighted by Gasteiger charge is -2.56. The van der Waals surface area contributed by atoms with Crippen molar-refractivity contribution in [3.63, 3.8) is 0 Å². The molecule has 3 unspecified atom stereocenters. The van der Waals surface area contributed by atoms with Crippen molar-refractivity contribution in [2.24, 2.45) is 29.1 Å². The SMILES string of the molecule is CCC[C@@H]1Cc2cc(C)ccc2C2CC[C@@]3(C)C(C[C@H]4C[C@@H]5O[C@@H]5C[C@]43O)C21. The molecule has 3 saturated carbocycles. The Labute approximate surface area is 170 Å². The van der Waals surface area contributed by atoms with Crippen molar-refractivity contribution in [3.05, 3.63) is 34.9 Å². The topological polar surface area (TPSA) is 32.8 Å². The van der Waals surface area contributed by atoms with Crippen molar-refractivity contribution in [2.45, 2.75) is 95.9 Å². The Kier molecular flexibility index (Phi) is 3.75. The molecule has 5 aliphatic rings. The number of benzene rings is 1. The summed E-state index contributed by atoms with van der Waals surface area (Å²) in [5.74, 6) is 3.43. The van der Waals surface area contributed by atoms with Gasteiger partial charge in [-0.25, -0.2) is 0 Å². The summed E-state index contributed by atoms with van der Waals surface area (Å²) in [6, 6.07) is 7.25. The molecule has 1 heterocycles. The third-order valence-electron chi connectivity index (χ3n) is 10.0. The van der Waals surface area contributed by atoms with E-state index >= 15 is 0 Å². The van der Waals surface area contributed by atoms with Crippen LogP contribution in [0.25, 0.3) is 0 Å². The maximum absolute atomic E-state index is 12.0. The Morgan fingerprint density at radius 3 is 2.89 bits per heavy atom. The zero-order valence-electron chi connectivity index (χ0n) is 17.8. The standard InChI is InChI=1S/C26H36O2/c1-4-5-16-11-17-10-15(2)6-7-19(17)20-8-9-25(3)21(24(16)20)12-18-13-22-23(28-22)14-26(18,25)27/h6-7,10,16,18,20-24,27H,4-5,8-9,11-14H2,1-3H3/t16-,18+,20?,21?,22+,23-,24?,25+,26+/m1/s1. The molecular formula is C26H36O2. The van der Waals surface area contributed by atoms with Crippen molar-refractivity contribution >= 4 is 0 Å². The molecule has 0 amide bonds. The molecule has 0 bridgehead atoms. The van der Waals surface area contributed by atoms with Crippen LogP contribution in [0.15, 0.2) is 18.2 Å². The molecule has 6 rings (SSSR count).